The van der Waals surface area contributed by atoms with Crippen LogP contribution >= 0.6 is 0 Å². The summed E-state index contributed by atoms with van der Waals surface area (Å²) in [7, 11) is 1.61. The number of nitrogens with one attached hydrogen (secondary N) is 2. The Kier molecular flexibility index (Phi) is 8.95. The molecule has 0 aliphatic rings. The smallest absolute Gasteiger partial charge is 0.270 e. The number of carbonyl (C=O) groups is 2. The first-order valence-corrected chi connectivity index (χ1v) is 10.1. The van der Waals surface area contributed by atoms with Crippen LogP contribution in [0.4, 0.5) is 5.69 Å². The fraction of sp³-hybridized carbons (Fsp3) is 0.364. The zero-order valence-corrected chi connectivity index (χ0v) is 18.0. The number of nitrogens with zero attached hydrogens (tertiary/aromatic N) is 2. The van der Waals surface area contributed by atoms with Gasteiger partial charge >= 0.3 is 0 Å². The van der Waals surface area contributed by atoms with Crippen molar-refractivity contribution < 1.29 is 19.2 Å². The van der Waals surface area contributed by atoms with Crippen molar-refractivity contribution in [2.75, 3.05) is 33.3 Å². The van der Waals surface area contributed by atoms with E-state index in [1.807, 2.05) is 24.3 Å². The van der Waals surface area contributed by atoms with Crippen molar-refractivity contribution in [3.8, 4) is 5.75 Å². The zero-order chi connectivity index (χ0) is 22.8. The molecule has 1 unspecified atom stereocenters. The highest BCUT2D eigenvalue weighted by atomic mass is 16.6. The summed E-state index contributed by atoms with van der Waals surface area (Å²) in [6.07, 6.45) is 0. The molecule has 0 heterocycles. The second kappa shape index (κ2) is 11.7. The molecule has 2 rings (SSSR count). The van der Waals surface area contributed by atoms with Crippen LogP contribution in [0.25, 0.3) is 0 Å². The predicted octanol–water partition coefficient (Wildman–Crippen LogP) is 2.53. The standard InChI is InChI=1S/C22H28N4O5/c1-4-25(5-2)20(16-8-7-11-19(13-16)31-3)14-23-21(27)15-24-22(28)17-9-6-10-18(12-17)26(29)30/h6-13,20H,4-5,14-15H2,1-3H3,(H,23,27)(H,24,28). The summed E-state index contributed by atoms with van der Waals surface area (Å²) < 4.78 is 5.31. The Hall–Kier alpha value is -3.46. The molecule has 2 aromatic carbocycles. The van der Waals surface area contributed by atoms with Crippen molar-refractivity contribution in [1.82, 2.24) is 15.5 Å². The van der Waals surface area contributed by atoms with E-state index in [0.717, 1.165) is 24.4 Å². The molecule has 0 aromatic heterocycles. The van der Waals surface area contributed by atoms with Crippen molar-refractivity contribution in [2.24, 2.45) is 0 Å². The lowest BCUT2D eigenvalue weighted by atomic mass is 10.0. The van der Waals surface area contributed by atoms with Crippen LogP contribution in [0.5, 0.6) is 5.75 Å². The predicted molar refractivity (Wildman–Crippen MR) is 117 cm³/mol. The van der Waals surface area contributed by atoms with Crippen molar-refractivity contribution >= 4 is 17.5 Å². The van der Waals surface area contributed by atoms with Crippen LogP contribution in [0.2, 0.25) is 0 Å². The van der Waals surface area contributed by atoms with Gasteiger partial charge in [-0.15, -0.1) is 0 Å². The first-order valence-electron chi connectivity index (χ1n) is 10.1. The van der Waals surface area contributed by atoms with Crippen molar-refractivity contribution in [3.63, 3.8) is 0 Å². The normalized spacial score (nSPS) is 11.6. The molecule has 2 N–H and O–H groups in total. The summed E-state index contributed by atoms with van der Waals surface area (Å²) in [5.74, 6) is -0.157. The van der Waals surface area contributed by atoms with Crippen molar-refractivity contribution in [3.05, 3.63) is 69.8 Å². The van der Waals surface area contributed by atoms with Crippen LogP contribution < -0.4 is 15.4 Å². The van der Waals surface area contributed by atoms with Crippen LogP contribution in [-0.4, -0.2) is 54.9 Å². The molecule has 0 aliphatic heterocycles. The van der Waals surface area contributed by atoms with Crippen molar-refractivity contribution in [1.29, 1.82) is 0 Å². The van der Waals surface area contributed by atoms with Gasteiger partial charge in [0.1, 0.15) is 5.75 Å². The molecule has 0 fully saturated rings. The lowest BCUT2D eigenvalue weighted by Crippen LogP contribution is -2.42. The van der Waals surface area contributed by atoms with Gasteiger partial charge in [0.25, 0.3) is 11.6 Å². The van der Waals surface area contributed by atoms with Crippen LogP contribution in [0.15, 0.2) is 48.5 Å². The van der Waals surface area contributed by atoms with E-state index in [0.29, 0.717) is 6.54 Å². The average Bonchev–Trinajstić information content (AvgIpc) is 2.80. The molecule has 31 heavy (non-hydrogen) atoms. The second-order valence-electron chi connectivity index (χ2n) is 6.81. The van der Waals surface area contributed by atoms with E-state index in [9.17, 15) is 19.7 Å². The molecule has 0 bridgehead atoms. The van der Waals surface area contributed by atoms with Crippen LogP contribution in [0.1, 0.15) is 35.8 Å². The number of ether oxygens (including phenoxy) is 1. The summed E-state index contributed by atoms with van der Waals surface area (Å²) in [5, 5.41) is 16.2. The Bertz CT molecular complexity index is 914. The topological polar surface area (TPSA) is 114 Å². The molecule has 2 amide bonds. The van der Waals surface area contributed by atoms with Gasteiger partial charge in [-0.2, -0.15) is 0 Å². The van der Waals surface area contributed by atoms with Gasteiger partial charge in [-0.25, -0.2) is 0 Å². The first kappa shape index (κ1) is 23.8. The summed E-state index contributed by atoms with van der Waals surface area (Å²) in [4.78, 5) is 37.0. The highest BCUT2D eigenvalue weighted by Gasteiger charge is 2.20. The Morgan fingerprint density at radius 3 is 2.45 bits per heavy atom. The minimum Gasteiger partial charge on any atom is -0.497 e. The lowest BCUT2D eigenvalue weighted by molar-refractivity contribution is -0.384. The number of rotatable bonds is 11. The van der Waals surface area contributed by atoms with Crippen LogP contribution in [0, 0.1) is 10.1 Å². The highest BCUT2D eigenvalue weighted by molar-refractivity contribution is 5.96. The molecule has 0 spiro atoms. The van der Waals surface area contributed by atoms with E-state index >= 15 is 0 Å². The molecule has 0 aliphatic carbocycles. The molecule has 9 nitrogen and oxygen atoms in total. The molecule has 0 saturated heterocycles. The molecule has 2 aromatic rings. The summed E-state index contributed by atoms with van der Waals surface area (Å²) in [5.41, 5.74) is 0.959. The maximum atomic E-state index is 12.3. The molecular formula is C22H28N4O5. The average molecular weight is 428 g/mol. The zero-order valence-electron chi connectivity index (χ0n) is 18.0. The van der Waals surface area contributed by atoms with E-state index < -0.39 is 10.8 Å². The van der Waals surface area contributed by atoms with E-state index in [1.54, 1.807) is 7.11 Å². The number of hydrogen-bond acceptors (Lipinski definition) is 6. The number of methoxy groups -OCH3 is 1. The van der Waals surface area contributed by atoms with Crippen LogP contribution in [0.3, 0.4) is 0 Å². The number of amides is 2. The quantitative estimate of drug-likeness (QED) is 0.420. The lowest BCUT2D eigenvalue weighted by Gasteiger charge is -2.30. The van der Waals surface area contributed by atoms with E-state index in [2.05, 4.69) is 29.4 Å². The minimum atomic E-state index is -0.574. The van der Waals surface area contributed by atoms with Gasteiger partial charge in [0, 0.05) is 24.2 Å². The summed E-state index contributed by atoms with van der Waals surface area (Å²) >= 11 is 0. The fourth-order valence-corrected chi connectivity index (χ4v) is 3.27. The largest absolute Gasteiger partial charge is 0.497 e. The molecule has 0 radical (unpaired) electrons. The number of carbonyl (C=O) groups excluding carboxylic acids is 2. The van der Waals surface area contributed by atoms with Crippen molar-refractivity contribution in [2.45, 2.75) is 19.9 Å². The first-order chi connectivity index (χ1) is 14.9. The van der Waals surface area contributed by atoms with Gasteiger partial charge in [-0.1, -0.05) is 32.0 Å². The highest BCUT2D eigenvalue weighted by Crippen LogP contribution is 2.23. The van der Waals surface area contributed by atoms with Gasteiger partial charge in [0.15, 0.2) is 0 Å². The van der Waals surface area contributed by atoms with Gasteiger partial charge in [-0.3, -0.25) is 24.6 Å². The maximum Gasteiger partial charge on any atom is 0.270 e. The number of hydrogen-bond donors (Lipinski definition) is 2. The van der Waals surface area contributed by atoms with E-state index in [-0.39, 0.29) is 29.7 Å². The number of likely N-dealkylation sites (N-methyl/N-ethyl adjacent to an activating group) is 1. The molecule has 166 valence electrons. The summed E-state index contributed by atoms with van der Waals surface area (Å²) in [6.45, 7) is 5.84. The summed E-state index contributed by atoms with van der Waals surface area (Å²) in [6, 6.07) is 13.0. The van der Waals surface area contributed by atoms with Gasteiger partial charge in [-0.05, 0) is 36.9 Å². The Labute approximate surface area is 181 Å². The third kappa shape index (κ3) is 6.78. The Morgan fingerprint density at radius 1 is 1.10 bits per heavy atom. The third-order valence-electron chi connectivity index (χ3n) is 4.95. The van der Waals surface area contributed by atoms with Gasteiger partial charge in [0.2, 0.25) is 5.91 Å². The van der Waals surface area contributed by atoms with Crippen LogP contribution in [-0.2, 0) is 4.79 Å². The minimum absolute atomic E-state index is 0.0541. The van der Waals surface area contributed by atoms with Gasteiger partial charge in [0.05, 0.1) is 24.6 Å². The number of non-ortho nitro benzene ring substituents is 1. The number of nitro benzene ring substituents is 1. The third-order valence-corrected chi connectivity index (χ3v) is 4.95. The van der Waals surface area contributed by atoms with E-state index in [1.165, 1.54) is 24.3 Å². The molecule has 9 heteroatoms. The molecule has 1 atom stereocenters. The number of nitro groups is 1. The van der Waals surface area contributed by atoms with E-state index in [4.69, 9.17) is 4.74 Å². The fourth-order valence-electron chi connectivity index (χ4n) is 3.27. The molecular weight excluding hydrogens is 400 g/mol. The number of benzene rings is 2. The Morgan fingerprint density at radius 2 is 1.81 bits per heavy atom. The maximum absolute atomic E-state index is 12.3. The SMILES string of the molecule is CCN(CC)C(CNC(=O)CNC(=O)c1cccc([N+](=O)[O-])c1)c1cccc(OC)c1. The monoisotopic (exact) mass is 428 g/mol. The Balaban J connectivity index is 1.98. The molecule has 0 saturated carbocycles. The second-order valence-corrected chi connectivity index (χ2v) is 6.81. The van der Waals surface area contributed by atoms with Gasteiger partial charge < -0.3 is 15.4 Å².